The molecule has 5 aliphatic heterocycles. The zero-order valence-electron chi connectivity index (χ0n) is 37.4. The number of hydrogen-bond donors (Lipinski definition) is 5. The van der Waals surface area contributed by atoms with Gasteiger partial charge in [-0.2, -0.15) is 0 Å². The van der Waals surface area contributed by atoms with E-state index in [2.05, 4.69) is 15.5 Å². The largest absolute Gasteiger partial charge is 0.507 e. The number of hydrogen-bond acceptors (Lipinski definition) is 15. The lowest BCUT2D eigenvalue weighted by molar-refractivity contribution is -0.116. The molecule has 17 nitrogen and oxygen atoms in total. The predicted molar refractivity (Wildman–Crippen MR) is 229 cm³/mol. The number of benzene rings is 1. The summed E-state index contributed by atoms with van der Waals surface area (Å²) in [4.78, 5) is 74.7. The number of methoxy groups -OCH3 is 1. The fourth-order valence-corrected chi connectivity index (χ4v) is 9.06. The normalized spacial score (nSPS) is 31.1. The number of likely N-dealkylation sites (tertiary alicyclic amines) is 1. The SMILES string of the molecule is CO[C@H]1C=CO[C@@]2(C)Oc3c(C)c(O)c4c(c3C2=O)C(=O)C(N2CCOCC2)=C(NC(=O)C(C)=CC=C[C@H](C)[C@H](O)[C@@H](C)[C@@H](O)[C@@H](C)[C@H](OC(=O)NCCN2CCCC2)[C@@H]1C)C4=O. The highest BCUT2D eigenvalue weighted by atomic mass is 16.7. The van der Waals surface area contributed by atoms with E-state index in [1.807, 2.05) is 0 Å². The predicted octanol–water partition coefficient (Wildman–Crippen LogP) is 3.55. The van der Waals surface area contributed by atoms with Crippen molar-refractivity contribution in [3.8, 4) is 11.5 Å². The fraction of sp³-hybridized carbons (Fsp3) is 0.587. The Kier molecular flexibility index (Phi) is 14.9. The molecule has 6 aliphatic rings. The Morgan fingerprint density at radius 1 is 0.921 bits per heavy atom. The lowest BCUT2D eigenvalue weighted by Crippen LogP contribution is -2.48. The van der Waals surface area contributed by atoms with E-state index in [0.29, 0.717) is 13.1 Å². The Morgan fingerprint density at radius 2 is 1.60 bits per heavy atom. The summed E-state index contributed by atoms with van der Waals surface area (Å²) in [6.45, 7) is 15.0. The first-order chi connectivity index (χ1) is 29.9. The number of Topliss-reactive ketones (excluding diaryl/α,β-unsaturated/α-hetero) is 3. The molecule has 0 saturated carbocycles. The highest BCUT2D eigenvalue weighted by molar-refractivity contribution is 6.32. The van der Waals surface area contributed by atoms with Gasteiger partial charge in [-0.1, -0.05) is 45.9 Å². The highest BCUT2D eigenvalue weighted by Gasteiger charge is 2.53. The first kappa shape index (κ1) is 47.4. The molecule has 5 bridgehead atoms. The van der Waals surface area contributed by atoms with Crippen LogP contribution in [0.5, 0.6) is 11.5 Å². The monoisotopic (exact) mass is 878 g/mol. The summed E-state index contributed by atoms with van der Waals surface area (Å²) in [7, 11) is 1.44. The third-order valence-corrected chi connectivity index (χ3v) is 13.1. The number of amides is 2. The van der Waals surface area contributed by atoms with E-state index in [4.69, 9.17) is 23.7 Å². The molecule has 2 fully saturated rings. The van der Waals surface area contributed by atoms with Crippen molar-refractivity contribution in [2.75, 3.05) is 59.6 Å². The number of aliphatic hydroxyl groups excluding tert-OH is 2. The van der Waals surface area contributed by atoms with Crippen LogP contribution in [0.2, 0.25) is 0 Å². The smallest absolute Gasteiger partial charge is 0.407 e. The average Bonchev–Trinajstić information content (AvgIpc) is 3.88. The van der Waals surface area contributed by atoms with E-state index in [1.165, 1.54) is 46.3 Å². The summed E-state index contributed by atoms with van der Waals surface area (Å²) < 4.78 is 29.6. The van der Waals surface area contributed by atoms with Crippen molar-refractivity contribution in [2.45, 2.75) is 91.5 Å². The van der Waals surface area contributed by atoms with Gasteiger partial charge in [0, 0.05) is 75.0 Å². The molecular weight excluding hydrogens is 817 g/mol. The minimum absolute atomic E-state index is 0.00181. The molecule has 9 atom stereocenters. The van der Waals surface area contributed by atoms with Gasteiger partial charge >= 0.3 is 11.9 Å². The summed E-state index contributed by atoms with van der Waals surface area (Å²) in [5.74, 6) is -8.65. The van der Waals surface area contributed by atoms with Crippen LogP contribution in [-0.2, 0) is 23.7 Å². The van der Waals surface area contributed by atoms with E-state index in [9.17, 15) is 39.3 Å². The van der Waals surface area contributed by atoms with Gasteiger partial charge in [0.25, 0.3) is 11.7 Å². The number of phenols is 1. The molecule has 7 rings (SSSR count). The first-order valence-corrected chi connectivity index (χ1v) is 21.8. The van der Waals surface area contributed by atoms with Crippen molar-refractivity contribution in [1.82, 2.24) is 20.4 Å². The molecule has 0 aromatic heterocycles. The number of nitrogens with zero attached hydrogens (tertiary/aromatic N) is 2. The van der Waals surface area contributed by atoms with Gasteiger partial charge in [0.1, 0.15) is 29.0 Å². The van der Waals surface area contributed by atoms with Crippen molar-refractivity contribution < 1.29 is 63.0 Å². The number of carbonyl (C=O) groups excluding carboxylic acids is 5. The summed E-state index contributed by atoms with van der Waals surface area (Å²) >= 11 is 0. The van der Waals surface area contributed by atoms with Crippen LogP contribution in [0.4, 0.5) is 4.79 Å². The van der Waals surface area contributed by atoms with Crippen LogP contribution in [-0.4, -0.2) is 144 Å². The van der Waals surface area contributed by atoms with Crippen molar-refractivity contribution in [3.63, 3.8) is 0 Å². The molecule has 0 unspecified atom stereocenters. The second kappa shape index (κ2) is 19.8. The molecule has 1 aliphatic carbocycles. The van der Waals surface area contributed by atoms with Crippen molar-refractivity contribution in [3.05, 3.63) is 69.8 Å². The van der Waals surface area contributed by atoms with Crippen molar-refractivity contribution in [2.24, 2.45) is 23.7 Å². The average molecular weight is 879 g/mol. The number of rotatable bonds is 6. The molecule has 1 aromatic rings. The second-order valence-corrected chi connectivity index (χ2v) is 17.4. The summed E-state index contributed by atoms with van der Waals surface area (Å²) in [5.41, 5.74) is -1.47. The number of aliphatic hydroxyl groups is 2. The Balaban J connectivity index is 1.41. The molecule has 2 amide bonds. The quantitative estimate of drug-likeness (QED) is 0.276. The zero-order chi connectivity index (χ0) is 45.9. The van der Waals surface area contributed by atoms with Crippen molar-refractivity contribution in [1.29, 1.82) is 0 Å². The van der Waals surface area contributed by atoms with Gasteiger partial charge in [0.2, 0.25) is 11.6 Å². The number of carbonyl (C=O) groups is 5. The molecule has 2 saturated heterocycles. The minimum atomic E-state index is -2.09. The van der Waals surface area contributed by atoms with Crippen LogP contribution in [0.3, 0.4) is 0 Å². The molecule has 5 heterocycles. The number of alkyl carbamates (subject to hydrolysis) is 1. The molecule has 0 radical (unpaired) electrons. The van der Waals surface area contributed by atoms with Gasteiger partial charge in [-0.25, -0.2) is 4.79 Å². The van der Waals surface area contributed by atoms with E-state index in [0.717, 1.165) is 25.9 Å². The van der Waals surface area contributed by atoms with Crippen LogP contribution in [0.15, 0.2) is 47.5 Å². The van der Waals surface area contributed by atoms with E-state index >= 15 is 0 Å². The molecule has 63 heavy (non-hydrogen) atoms. The van der Waals surface area contributed by atoms with Crippen LogP contribution in [0.1, 0.15) is 91.0 Å². The fourth-order valence-electron chi connectivity index (χ4n) is 9.06. The molecule has 0 spiro atoms. The van der Waals surface area contributed by atoms with Gasteiger partial charge in [0.05, 0.1) is 54.5 Å². The number of nitrogens with one attached hydrogen (secondary N) is 2. The minimum Gasteiger partial charge on any atom is -0.507 e. The standard InChI is InChI=1S/C46H62N4O13/c1-24-12-11-13-25(2)44(57)48-34-35(50-19-22-60-23-20-50)40(55)31-32(39(34)54)38(53)29(6)42-33(31)43(56)46(7,63-42)61-21-14-30(59-8)26(3)41(28(5)37(52)27(4)36(24)51)62-45(58)47-15-18-49-16-9-10-17-49/h11-14,21,24,26-28,30,36-37,41,51-53H,9-10,15-20,22-23H2,1-8H3,(H,47,58)(H,48,57)/t24-,26+,27+,28+,30-,36-,37+,41+,46-/m0/s1. The maximum atomic E-state index is 14.8. The number of fused-ring (bicyclic) bond motifs is 14. The lowest BCUT2D eigenvalue weighted by Gasteiger charge is -2.38. The van der Waals surface area contributed by atoms with Crippen LogP contribution in [0, 0.1) is 30.6 Å². The van der Waals surface area contributed by atoms with Gasteiger partial charge in [-0.05, 0) is 45.9 Å². The Morgan fingerprint density at radius 3 is 2.27 bits per heavy atom. The van der Waals surface area contributed by atoms with Gasteiger partial charge < -0.3 is 59.4 Å². The number of aromatic hydroxyl groups is 1. The van der Waals surface area contributed by atoms with Crippen molar-refractivity contribution >= 4 is 29.4 Å². The van der Waals surface area contributed by atoms with Gasteiger partial charge in [-0.15, -0.1) is 0 Å². The summed E-state index contributed by atoms with van der Waals surface area (Å²) in [5, 5.41) is 40.3. The van der Waals surface area contributed by atoms with Crippen LogP contribution >= 0.6 is 0 Å². The second-order valence-electron chi connectivity index (χ2n) is 17.4. The maximum Gasteiger partial charge on any atom is 0.407 e. The number of allylic oxidation sites excluding steroid dienone is 4. The van der Waals surface area contributed by atoms with Gasteiger partial charge in [-0.3, -0.25) is 19.2 Å². The molecule has 344 valence electrons. The Labute approximate surface area is 368 Å². The van der Waals surface area contributed by atoms with E-state index < -0.39 is 94.5 Å². The van der Waals surface area contributed by atoms with Crippen LogP contribution in [0.25, 0.3) is 0 Å². The zero-order valence-corrected chi connectivity index (χ0v) is 37.4. The summed E-state index contributed by atoms with van der Waals surface area (Å²) in [6, 6.07) is 0. The van der Waals surface area contributed by atoms with Crippen LogP contribution < -0.4 is 15.4 Å². The van der Waals surface area contributed by atoms with E-state index in [1.54, 1.807) is 44.7 Å². The molecular formula is C46H62N4O13. The molecule has 1 aromatic carbocycles. The lowest BCUT2D eigenvalue weighted by atomic mass is 9.78. The Bertz CT molecular complexity index is 2080. The molecule has 5 N–H and O–H groups in total. The topological polar surface area (TPSA) is 223 Å². The number of phenolic OH excluding ortho intramolecular Hbond substituents is 1. The number of morpholine rings is 1. The highest BCUT2D eigenvalue weighted by Crippen LogP contribution is 2.49. The molecule has 17 heteroatoms. The maximum absolute atomic E-state index is 14.8. The first-order valence-electron chi connectivity index (χ1n) is 21.8. The van der Waals surface area contributed by atoms with Gasteiger partial charge in [0.15, 0.2) is 0 Å². The number of ether oxygens (including phenoxy) is 5. The summed E-state index contributed by atoms with van der Waals surface area (Å²) in [6.07, 6.45) is 4.87. The third kappa shape index (κ3) is 9.58. The number of ketones is 3. The Hall–Kier alpha value is -5.07. The third-order valence-electron chi connectivity index (χ3n) is 13.1. The van der Waals surface area contributed by atoms with E-state index in [-0.39, 0.29) is 65.7 Å².